The van der Waals surface area contributed by atoms with Crippen LogP contribution in [0, 0.1) is 6.92 Å². The van der Waals surface area contributed by atoms with E-state index in [1.165, 1.54) is 22.5 Å². The minimum Gasteiger partial charge on any atom is -0.462 e. The lowest BCUT2D eigenvalue weighted by Crippen LogP contribution is -2.32. The second-order valence-corrected chi connectivity index (χ2v) is 11.0. The third-order valence-corrected chi connectivity index (χ3v) is 7.96. The van der Waals surface area contributed by atoms with Crippen molar-refractivity contribution < 1.29 is 22.7 Å². The van der Waals surface area contributed by atoms with E-state index in [0.717, 1.165) is 5.56 Å². The van der Waals surface area contributed by atoms with Crippen molar-refractivity contribution in [1.29, 1.82) is 0 Å². The number of anilines is 2. The lowest BCUT2D eigenvalue weighted by atomic mass is 10.1. The standard InChI is InChI=1S/C30H27ClN2O5S/c1-3-38-30(35)25-8-4-6-10-27(25)32-29(34)26-9-5-7-11-28(26)33(20-22-14-16-23(31)17-15-22)39(36,37)24-18-12-21(2)13-19-24/h4-19H,3,20H2,1-2H3,(H,32,34). The molecule has 0 aliphatic heterocycles. The molecule has 0 aromatic heterocycles. The van der Waals surface area contributed by atoms with Crippen molar-refractivity contribution in [2.75, 3.05) is 16.2 Å². The molecule has 0 bridgehead atoms. The Kier molecular flexibility index (Phi) is 8.69. The Bertz CT molecular complexity index is 1590. The summed E-state index contributed by atoms with van der Waals surface area (Å²) in [7, 11) is -4.09. The molecule has 1 amide bonds. The van der Waals surface area contributed by atoms with Gasteiger partial charge in [0.25, 0.3) is 15.9 Å². The molecule has 0 radical (unpaired) electrons. The van der Waals surface area contributed by atoms with Gasteiger partial charge in [0, 0.05) is 5.02 Å². The van der Waals surface area contributed by atoms with Crippen LogP contribution in [0.1, 0.15) is 38.8 Å². The molecule has 0 atom stereocenters. The number of nitrogens with one attached hydrogen (secondary N) is 1. The van der Waals surface area contributed by atoms with Crippen molar-refractivity contribution in [2.45, 2.75) is 25.3 Å². The molecule has 0 spiro atoms. The number of nitrogens with zero attached hydrogens (tertiary/aromatic N) is 1. The number of benzene rings is 4. The third kappa shape index (κ3) is 6.47. The highest BCUT2D eigenvalue weighted by molar-refractivity contribution is 7.92. The quantitative estimate of drug-likeness (QED) is 0.236. The van der Waals surface area contributed by atoms with Gasteiger partial charge in [-0.25, -0.2) is 13.2 Å². The van der Waals surface area contributed by atoms with Crippen molar-refractivity contribution in [3.63, 3.8) is 0 Å². The first kappa shape index (κ1) is 27.9. The fourth-order valence-electron chi connectivity index (χ4n) is 3.94. The number of sulfonamides is 1. The molecular weight excluding hydrogens is 536 g/mol. The largest absolute Gasteiger partial charge is 0.462 e. The van der Waals surface area contributed by atoms with Gasteiger partial charge in [0.05, 0.1) is 40.5 Å². The monoisotopic (exact) mass is 562 g/mol. The lowest BCUT2D eigenvalue weighted by molar-refractivity contribution is 0.0527. The summed E-state index contributed by atoms with van der Waals surface area (Å²) in [6.07, 6.45) is 0. The van der Waals surface area contributed by atoms with Gasteiger partial charge in [-0.1, -0.05) is 65.7 Å². The van der Waals surface area contributed by atoms with Crippen LogP contribution >= 0.6 is 11.6 Å². The lowest BCUT2D eigenvalue weighted by Gasteiger charge is -2.27. The number of rotatable bonds is 9. The molecule has 0 saturated carbocycles. The summed E-state index contributed by atoms with van der Waals surface area (Å²) in [4.78, 5) is 26.1. The number of para-hydroxylation sites is 2. The molecule has 4 rings (SSSR count). The summed E-state index contributed by atoms with van der Waals surface area (Å²) in [6, 6.07) is 26.3. The van der Waals surface area contributed by atoms with Crippen LogP contribution in [0.15, 0.2) is 102 Å². The van der Waals surface area contributed by atoms with Gasteiger partial charge in [0.15, 0.2) is 0 Å². The van der Waals surface area contributed by atoms with Crippen molar-refractivity contribution in [3.8, 4) is 0 Å². The van der Waals surface area contributed by atoms with Crippen LogP contribution < -0.4 is 9.62 Å². The predicted octanol–water partition coefficient (Wildman–Crippen LogP) is 6.47. The van der Waals surface area contributed by atoms with Crippen LogP contribution in [-0.2, 0) is 21.3 Å². The van der Waals surface area contributed by atoms with E-state index in [2.05, 4.69) is 5.32 Å². The number of aryl methyl sites for hydroxylation is 1. The molecule has 0 saturated heterocycles. The molecule has 0 unspecified atom stereocenters. The first-order valence-corrected chi connectivity index (χ1v) is 14.0. The molecule has 0 aliphatic rings. The highest BCUT2D eigenvalue weighted by Crippen LogP contribution is 2.30. The zero-order chi connectivity index (χ0) is 28.0. The highest BCUT2D eigenvalue weighted by Gasteiger charge is 2.29. The van der Waals surface area contributed by atoms with Gasteiger partial charge in [-0.3, -0.25) is 9.10 Å². The number of ether oxygens (including phenoxy) is 1. The maximum absolute atomic E-state index is 14.0. The molecule has 0 fully saturated rings. The first-order valence-electron chi connectivity index (χ1n) is 12.2. The number of hydrogen-bond donors (Lipinski definition) is 1. The van der Waals surface area contributed by atoms with Crippen LogP contribution in [0.2, 0.25) is 5.02 Å². The van der Waals surface area contributed by atoms with E-state index in [-0.39, 0.29) is 40.5 Å². The fourth-order valence-corrected chi connectivity index (χ4v) is 5.54. The summed E-state index contributed by atoms with van der Waals surface area (Å²) in [5.74, 6) is -1.16. The van der Waals surface area contributed by atoms with E-state index in [1.807, 2.05) is 6.92 Å². The second kappa shape index (κ2) is 12.1. The molecule has 4 aromatic carbocycles. The summed E-state index contributed by atoms with van der Waals surface area (Å²) in [5.41, 5.74) is 2.33. The average Bonchev–Trinajstić information content (AvgIpc) is 2.93. The smallest absolute Gasteiger partial charge is 0.340 e. The van der Waals surface area contributed by atoms with E-state index in [1.54, 1.807) is 85.8 Å². The Balaban J connectivity index is 1.78. The molecular formula is C30H27ClN2O5S. The van der Waals surface area contributed by atoms with E-state index in [9.17, 15) is 18.0 Å². The van der Waals surface area contributed by atoms with E-state index in [4.69, 9.17) is 16.3 Å². The second-order valence-electron chi connectivity index (χ2n) is 8.69. The maximum Gasteiger partial charge on any atom is 0.340 e. The van der Waals surface area contributed by atoms with Gasteiger partial charge in [-0.05, 0) is 67.9 Å². The minimum absolute atomic E-state index is 0.0446. The molecule has 200 valence electrons. The number of hydrogen-bond acceptors (Lipinski definition) is 5. The zero-order valence-electron chi connectivity index (χ0n) is 21.4. The molecule has 9 heteroatoms. The van der Waals surface area contributed by atoms with E-state index >= 15 is 0 Å². The Morgan fingerprint density at radius 2 is 1.46 bits per heavy atom. The van der Waals surface area contributed by atoms with Gasteiger partial charge >= 0.3 is 5.97 Å². The van der Waals surface area contributed by atoms with Crippen LogP contribution in [0.3, 0.4) is 0 Å². The van der Waals surface area contributed by atoms with Gasteiger partial charge < -0.3 is 10.1 Å². The third-order valence-electron chi connectivity index (χ3n) is 5.94. The summed E-state index contributed by atoms with van der Waals surface area (Å²) >= 11 is 6.05. The van der Waals surface area contributed by atoms with Crippen molar-refractivity contribution in [2.24, 2.45) is 0 Å². The highest BCUT2D eigenvalue weighted by atomic mass is 35.5. The predicted molar refractivity (Wildman–Crippen MR) is 153 cm³/mol. The van der Waals surface area contributed by atoms with Gasteiger partial charge in [0.2, 0.25) is 0 Å². The molecule has 7 nitrogen and oxygen atoms in total. The first-order chi connectivity index (χ1) is 18.7. The normalized spacial score (nSPS) is 11.1. The average molecular weight is 563 g/mol. The summed E-state index contributed by atoms with van der Waals surface area (Å²) < 4.78 is 34.3. The van der Waals surface area contributed by atoms with Crippen LogP contribution in [0.4, 0.5) is 11.4 Å². The minimum atomic E-state index is -4.09. The van der Waals surface area contributed by atoms with Gasteiger partial charge in [-0.15, -0.1) is 0 Å². The number of carbonyl (C=O) groups is 2. The van der Waals surface area contributed by atoms with Gasteiger partial charge in [0.1, 0.15) is 0 Å². The van der Waals surface area contributed by atoms with Crippen LogP contribution in [0.25, 0.3) is 0 Å². The molecule has 0 heterocycles. The molecule has 39 heavy (non-hydrogen) atoms. The SMILES string of the molecule is CCOC(=O)c1ccccc1NC(=O)c1ccccc1N(Cc1ccc(Cl)cc1)S(=O)(=O)c1ccc(C)cc1. The number of esters is 1. The Morgan fingerprint density at radius 3 is 2.13 bits per heavy atom. The Morgan fingerprint density at radius 1 is 0.846 bits per heavy atom. The van der Waals surface area contributed by atoms with Crippen LogP contribution in [-0.4, -0.2) is 26.9 Å². The Labute approximate surface area is 233 Å². The van der Waals surface area contributed by atoms with Gasteiger partial charge in [-0.2, -0.15) is 0 Å². The molecule has 4 aromatic rings. The van der Waals surface area contributed by atoms with E-state index < -0.39 is 21.9 Å². The zero-order valence-corrected chi connectivity index (χ0v) is 23.0. The number of carbonyl (C=O) groups excluding carboxylic acids is 2. The van der Waals surface area contributed by atoms with Crippen molar-refractivity contribution in [3.05, 3.63) is 124 Å². The van der Waals surface area contributed by atoms with E-state index in [0.29, 0.717) is 10.6 Å². The van der Waals surface area contributed by atoms with Crippen molar-refractivity contribution in [1.82, 2.24) is 0 Å². The molecule has 0 aliphatic carbocycles. The fraction of sp³-hybridized carbons (Fsp3) is 0.133. The Hall–Kier alpha value is -4.14. The molecule has 1 N–H and O–H groups in total. The van der Waals surface area contributed by atoms with Crippen molar-refractivity contribution >= 4 is 44.9 Å². The topological polar surface area (TPSA) is 92.8 Å². The number of amides is 1. The summed E-state index contributed by atoms with van der Waals surface area (Å²) in [6.45, 7) is 3.70. The van der Waals surface area contributed by atoms with Crippen LogP contribution in [0.5, 0.6) is 0 Å². The number of halogens is 1. The summed E-state index contributed by atoms with van der Waals surface area (Å²) in [5, 5.41) is 3.27. The maximum atomic E-state index is 14.0.